The third kappa shape index (κ3) is 5.51. The summed E-state index contributed by atoms with van der Waals surface area (Å²) in [4.78, 5) is 13.1. The number of nitrogens with one attached hydrogen (secondary N) is 1. The molecule has 0 aliphatic carbocycles. The summed E-state index contributed by atoms with van der Waals surface area (Å²) in [7, 11) is 9.07. The van der Waals surface area contributed by atoms with Gasteiger partial charge in [0.25, 0.3) is 0 Å². The number of likely N-dealkylation sites (N-methyl/N-ethyl adjacent to an activating group) is 2. The molecule has 0 aliphatic rings. The number of fused-ring (bicyclic) bond motifs is 1. The zero-order valence-electron chi connectivity index (χ0n) is 21.5. The van der Waals surface area contributed by atoms with Crippen LogP contribution in [-0.4, -0.2) is 67.9 Å². The fourth-order valence-corrected chi connectivity index (χ4v) is 4.07. The number of benzene rings is 2. The second kappa shape index (κ2) is 10.9. The van der Waals surface area contributed by atoms with Crippen LogP contribution in [0.3, 0.4) is 0 Å². The molecule has 0 radical (unpaired) electrons. The molecule has 9 nitrogen and oxygen atoms in total. The number of alkyl halides is 2. The Bertz CT molecular complexity index is 1390. The van der Waals surface area contributed by atoms with Gasteiger partial charge >= 0.3 is 6.55 Å². The molecule has 2 heterocycles. The Balaban J connectivity index is 1.67. The number of anilines is 4. The molecule has 4 aromatic rings. The first-order valence-electron chi connectivity index (χ1n) is 11.6. The van der Waals surface area contributed by atoms with Crippen LogP contribution in [0.2, 0.25) is 0 Å². The number of hydrogen-bond donors (Lipinski definition) is 2. The average Bonchev–Trinajstić information content (AvgIpc) is 3.27. The smallest absolute Gasteiger partial charge is 0.319 e. The molecule has 3 N–H and O–H groups in total. The van der Waals surface area contributed by atoms with Crippen molar-refractivity contribution in [3.05, 3.63) is 48.8 Å². The van der Waals surface area contributed by atoms with E-state index in [1.807, 2.05) is 27.2 Å². The van der Waals surface area contributed by atoms with E-state index in [0.29, 0.717) is 45.0 Å². The maximum Gasteiger partial charge on any atom is 0.319 e. The van der Waals surface area contributed by atoms with Gasteiger partial charge in [0.15, 0.2) is 0 Å². The minimum absolute atomic E-state index is 0.273. The first kappa shape index (κ1) is 26.0. The highest BCUT2D eigenvalue weighted by Gasteiger charge is 2.18. The molecule has 0 unspecified atom stereocenters. The van der Waals surface area contributed by atoms with Crippen molar-refractivity contribution in [3.8, 4) is 22.8 Å². The number of nitrogens with two attached hydrogens (primary N) is 1. The van der Waals surface area contributed by atoms with Crippen molar-refractivity contribution in [1.82, 2.24) is 19.4 Å². The second-order valence-corrected chi connectivity index (χ2v) is 8.84. The number of ether oxygens (including phenoxy) is 2. The summed E-state index contributed by atoms with van der Waals surface area (Å²) in [6, 6.07) is 10.4. The second-order valence-electron chi connectivity index (χ2n) is 8.84. The highest BCUT2D eigenvalue weighted by molar-refractivity contribution is 5.96. The van der Waals surface area contributed by atoms with Crippen LogP contribution in [-0.2, 0) is 0 Å². The Morgan fingerprint density at radius 1 is 1.05 bits per heavy atom. The van der Waals surface area contributed by atoms with Gasteiger partial charge in [0.2, 0.25) is 5.95 Å². The van der Waals surface area contributed by atoms with Crippen LogP contribution in [0.15, 0.2) is 48.8 Å². The van der Waals surface area contributed by atoms with Crippen molar-refractivity contribution < 1.29 is 18.3 Å². The largest absolute Gasteiger partial charge is 0.497 e. The summed E-state index contributed by atoms with van der Waals surface area (Å²) >= 11 is 0. The molecule has 4 rings (SSSR count). The van der Waals surface area contributed by atoms with Gasteiger partial charge in [0.1, 0.15) is 11.5 Å². The predicted molar refractivity (Wildman–Crippen MR) is 143 cm³/mol. The third-order valence-electron chi connectivity index (χ3n) is 6.07. The summed E-state index contributed by atoms with van der Waals surface area (Å²) in [5.41, 5.74) is 9.74. The molecule has 196 valence electrons. The number of aromatic nitrogens is 3. The summed E-state index contributed by atoms with van der Waals surface area (Å²) < 4.78 is 39.3. The topological polar surface area (TPSA) is 93.7 Å². The molecular weight excluding hydrogens is 480 g/mol. The number of hydrogen-bond acceptors (Lipinski definition) is 8. The Hall–Kier alpha value is -4.12. The van der Waals surface area contributed by atoms with Crippen LogP contribution in [0, 0.1) is 0 Å². The van der Waals surface area contributed by atoms with Crippen molar-refractivity contribution in [3.63, 3.8) is 0 Å². The van der Waals surface area contributed by atoms with Gasteiger partial charge in [-0.3, -0.25) is 4.57 Å². The van der Waals surface area contributed by atoms with Crippen molar-refractivity contribution in [2.45, 2.75) is 6.55 Å². The van der Waals surface area contributed by atoms with E-state index in [1.54, 1.807) is 43.6 Å². The number of nitrogen functional groups attached to an aromatic ring is 1. The van der Waals surface area contributed by atoms with Gasteiger partial charge in [0, 0.05) is 55.6 Å². The molecule has 0 saturated carbocycles. The lowest BCUT2D eigenvalue weighted by atomic mass is 10.1. The van der Waals surface area contributed by atoms with Gasteiger partial charge < -0.3 is 30.3 Å². The summed E-state index contributed by atoms with van der Waals surface area (Å²) in [5.74, 6) is 1.33. The quantitative estimate of drug-likeness (QED) is 0.292. The first-order valence-corrected chi connectivity index (χ1v) is 11.6. The predicted octanol–water partition coefficient (Wildman–Crippen LogP) is 4.83. The lowest BCUT2D eigenvalue weighted by molar-refractivity contribution is 0.0753. The zero-order valence-corrected chi connectivity index (χ0v) is 21.5. The fraction of sp³-hybridized carbons (Fsp3) is 0.308. The van der Waals surface area contributed by atoms with Crippen LogP contribution >= 0.6 is 0 Å². The maximum atomic E-state index is 13.8. The van der Waals surface area contributed by atoms with Crippen molar-refractivity contribution in [1.29, 1.82) is 0 Å². The molecule has 2 aromatic heterocycles. The van der Waals surface area contributed by atoms with E-state index < -0.39 is 6.55 Å². The van der Waals surface area contributed by atoms with Crippen LogP contribution in [0.1, 0.15) is 6.55 Å². The molecule has 11 heteroatoms. The third-order valence-corrected chi connectivity index (χ3v) is 6.07. The molecule has 0 saturated heterocycles. The monoisotopic (exact) mass is 511 g/mol. The van der Waals surface area contributed by atoms with E-state index >= 15 is 0 Å². The minimum atomic E-state index is -2.72. The maximum absolute atomic E-state index is 13.8. The molecular formula is C26H31F2N7O2. The number of nitrogens with zero attached hydrogens (tertiary/aromatic N) is 5. The van der Waals surface area contributed by atoms with Crippen LogP contribution in [0.4, 0.5) is 31.8 Å². The summed E-state index contributed by atoms with van der Waals surface area (Å²) in [6.07, 6.45) is 2.96. The van der Waals surface area contributed by atoms with Crippen molar-refractivity contribution >= 4 is 33.9 Å². The van der Waals surface area contributed by atoms with Crippen LogP contribution in [0.5, 0.6) is 11.5 Å². The van der Waals surface area contributed by atoms with E-state index in [1.165, 1.54) is 13.3 Å². The molecule has 0 aliphatic heterocycles. The van der Waals surface area contributed by atoms with E-state index in [0.717, 1.165) is 23.3 Å². The number of rotatable bonds is 10. The van der Waals surface area contributed by atoms with E-state index in [9.17, 15) is 8.78 Å². The zero-order chi connectivity index (χ0) is 26.7. The van der Waals surface area contributed by atoms with Crippen molar-refractivity contribution in [2.24, 2.45) is 0 Å². The lowest BCUT2D eigenvalue weighted by Crippen LogP contribution is -2.29. The van der Waals surface area contributed by atoms with Gasteiger partial charge in [-0.05, 0) is 38.4 Å². The van der Waals surface area contributed by atoms with Gasteiger partial charge in [-0.1, -0.05) is 0 Å². The van der Waals surface area contributed by atoms with Gasteiger partial charge in [0.05, 0.1) is 42.5 Å². The van der Waals surface area contributed by atoms with Gasteiger partial charge in [-0.15, -0.1) is 0 Å². The van der Waals surface area contributed by atoms with Gasteiger partial charge in [-0.25, -0.2) is 9.97 Å². The average molecular weight is 512 g/mol. The standard InChI is InChI=1S/C26H31F2N7O2/c1-33(2)10-11-34(3)23-14-24(37-5)21(13-19(23)29)32-26-30-9-8-20(31-26)18-15-35(25(27)28)22-12-16(36-4)6-7-17(18)22/h6-9,12-15,25H,10-11,29H2,1-5H3,(H,30,31,32). The highest BCUT2D eigenvalue weighted by Crippen LogP contribution is 2.37. The Kier molecular flexibility index (Phi) is 7.63. The van der Waals surface area contributed by atoms with Gasteiger partial charge in [-0.2, -0.15) is 8.78 Å². The number of halogens is 2. The first-order chi connectivity index (χ1) is 17.7. The Morgan fingerprint density at radius 2 is 1.84 bits per heavy atom. The van der Waals surface area contributed by atoms with Crippen LogP contribution < -0.4 is 25.4 Å². The molecule has 0 fully saturated rings. The Morgan fingerprint density at radius 3 is 2.51 bits per heavy atom. The molecule has 0 spiro atoms. The molecule has 0 bridgehead atoms. The highest BCUT2D eigenvalue weighted by atomic mass is 19.3. The van der Waals surface area contributed by atoms with Crippen molar-refractivity contribution in [2.75, 3.05) is 64.4 Å². The molecule has 2 aromatic carbocycles. The summed E-state index contributed by atoms with van der Waals surface area (Å²) in [5, 5.41) is 3.78. The lowest BCUT2D eigenvalue weighted by Gasteiger charge is -2.24. The van der Waals surface area contributed by atoms with E-state index in [-0.39, 0.29) is 5.95 Å². The molecule has 0 amide bonds. The van der Waals surface area contributed by atoms with E-state index in [2.05, 4.69) is 25.1 Å². The molecule has 37 heavy (non-hydrogen) atoms. The normalized spacial score (nSPS) is 11.4. The Labute approximate surface area is 214 Å². The van der Waals surface area contributed by atoms with E-state index in [4.69, 9.17) is 15.2 Å². The summed E-state index contributed by atoms with van der Waals surface area (Å²) in [6.45, 7) is -1.06. The SMILES string of the molecule is COc1ccc2c(-c3ccnc(Nc4cc(N)c(N(C)CCN(C)C)cc4OC)n3)cn(C(F)F)c2c1. The van der Waals surface area contributed by atoms with Crippen LogP contribution in [0.25, 0.3) is 22.2 Å². The molecule has 0 atom stereocenters. The fourth-order valence-electron chi connectivity index (χ4n) is 4.07. The number of methoxy groups -OCH3 is 2. The minimum Gasteiger partial charge on any atom is -0.497 e.